The molecule has 0 atom stereocenters. The Labute approximate surface area is 187 Å². The smallest absolute Gasteiger partial charge is 0.278 e. The predicted molar refractivity (Wildman–Crippen MR) is 123 cm³/mol. The lowest BCUT2D eigenvalue weighted by Gasteiger charge is -2.16. The molecule has 6 nitrogen and oxygen atoms in total. The van der Waals surface area contributed by atoms with Crippen LogP contribution in [0.5, 0.6) is 11.5 Å². The quantitative estimate of drug-likeness (QED) is 0.536. The van der Waals surface area contributed by atoms with Gasteiger partial charge in [0.05, 0.1) is 25.8 Å². The minimum absolute atomic E-state index is 0.173. The highest BCUT2D eigenvalue weighted by molar-refractivity contribution is 6.36. The third-order valence-electron chi connectivity index (χ3n) is 5.16. The fraction of sp³-hybridized carbons (Fsp3) is 0.154. The number of anilines is 1. The van der Waals surface area contributed by atoms with Gasteiger partial charge in [0.1, 0.15) is 17.2 Å². The molecule has 1 N–H and O–H groups in total. The number of benzene rings is 3. The Kier molecular flexibility index (Phi) is 6.22. The summed E-state index contributed by atoms with van der Waals surface area (Å²) in [6.45, 7) is 2.67. The molecule has 0 aromatic heterocycles. The van der Waals surface area contributed by atoms with E-state index in [0.29, 0.717) is 29.2 Å². The van der Waals surface area contributed by atoms with Gasteiger partial charge in [0.15, 0.2) is 0 Å². The molecular formula is C26H24N2O4. The Morgan fingerprint density at radius 3 is 2.09 bits per heavy atom. The van der Waals surface area contributed by atoms with Gasteiger partial charge in [-0.2, -0.15) is 0 Å². The number of hydrogen-bond donors (Lipinski definition) is 1. The van der Waals surface area contributed by atoms with Crippen molar-refractivity contribution in [2.75, 3.05) is 19.0 Å². The number of carbonyl (C=O) groups excluding carboxylic acids is 2. The van der Waals surface area contributed by atoms with E-state index < -0.39 is 0 Å². The molecule has 6 heteroatoms. The average molecular weight is 428 g/mol. The number of amides is 2. The number of hydrogen-bond acceptors (Lipinski definition) is 5. The van der Waals surface area contributed by atoms with Crippen LogP contribution in [-0.4, -0.2) is 30.4 Å². The molecule has 4 rings (SSSR count). The van der Waals surface area contributed by atoms with Gasteiger partial charge in [0.2, 0.25) is 0 Å². The molecule has 162 valence electrons. The molecule has 0 bridgehead atoms. The number of rotatable bonds is 8. The van der Waals surface area contributed by atoms with E-state index in [1.54, 1.807) is 7.11 Å². The molecule has 32 heavy (non-hydrogen) atoms. The summed E-state index contributed by atoms with van der Waals surface area (Å²) in [6, 6.07) is 23.8. The molecule has 1 aliphatic heterocycles. The van der Waals surface area contributed by atoms with E-state index in [0.717, 1.165) is 11.3 Å². The number of nitrogens with one attached hydrogen (secondary N) is 1. The van der Waals surface area contributed by atoms with Crippen molar-refractivity contribution in [2.45, 2.75) is 13.5 Å². The molecule has 1 heterocycles. The highest BCUT2D eigenvalue weighted by Gasteiger charge is 2.39. The lowest BCUT2D eigenvalue weighted by Crippen LogP contribution is -2.32. The standard InChI is InChI=1S/C26H24N2O4/c1-3-32-22-15-11-20(12-16-22)27-24-23(19-7-5-4-6-8-19)25(29)28(26(24)30)17-18-9-13-21(31-2)14-10-18/h4-16,27H,3,17H2,1-2H3. The predicted octanol–water partition coefficient (Wildman–Crippen LogP) is 4.49. The fourth-order valence-corrected chi connectivity index (χ4v) is 3.57. The molecule has 3 aromatic carbocycles. The van der Waals surface area contributed by atoms with E-state index in [-0.39, 0.29) is 24.1 Å². The fourth-order valence-electron chi connectivity index (χ4n) is 3.57. The zero-order chi connectivity index (χ0) is 22.5. The van der Waals surface area contributed by atoms with Gasteiger partial charge in [-0.25, -0.2) is 0 Å². The van der Waals surface area contributed by atoms with Crippen LogP contribution in [0, 0.1) is 0 Å². The molecule has 3 aromatic rings. The van der Waals surface area contributed by atoms with Crippen molar-refractivity contribution < 1.29 is 19.1 Å². The van der Waals surface area contributed by atoms with Crippen LogP contribution < -0.4 is 14.8 Å². The maximum Gasteiger partial charge on any atom is 0.278 e. The summed E-state index contributed by atoms with van der Waals surface area (Å²) in [7, 11) is 1.59. The van der Waals surface area contributed by atoms with Crippen molar-refractivity contribution in [3.8, 4) is 11.5 Å². The molecule has 1 aliphatic rings. The number of imide groups is 1. The van der Waals surface area contributed by atoms with E-state index in [4.69, 9.17) is 9.47 Å². The number of nitrogens with zero attached hydrogens (tertiary/aromatic N) is 1. The van der Waals surface area contributed by atoms with Gasteiger partial charge in [-0.15, -0.1) is 0 Å². The lowest BCUT2D eigenvalue weighted by atomic mass is 10.0. The topological polar surface area (TPSA) is 67.9 Å². The Hall–Kier alpha value is -4.06. The summed E-state index contributed by atoms with van der Waals surface area (Å²) in [5, 5.41) is 3.16. The summed E-state index contributed by atoms with van der Waals surface area (Å²) < 4.78 is 10.7. The second kappa shape index (κ2) is 9.39. The Morgan fingerprint density at radius 1 is 0.812 bits per heavy atom. The second-order valence-corrected chi connectivity index (χ2v) is 7.24. The molecule has 0 fully saturated rings. The van der Waals surface area contributed by atoms with Crippen LogP contribution in [0.2, 0.25) is 0 Å². The summed E-state index contributed by atoms with van der Waals surface area (Å²) >= 11 is 0. The van der Waals surface area contributed by atoms with Gasteiger partial charge >= 0.3 is 0 Å². The first-order chi connectivity index (χ1) is 15.6. The SMILES string of the molecule is CCOc1ccc(NC2=C(c3ccccc3)C(=O)N(Cc3ccc(OC)cc3)C2=O)cc1. The summed E-state index contributed by atoms with van der Waals surface area (Å²) in [5.41, 5.74) is 2.85. The van der Waals surface area contributed by atoms with Gasteiger partial charge in [0.25, 0.3) is 11.8 Å². The monoisotopic (exact) mass is 428 g/mol. The molecule has 0 spiro atoms. The third kappa shape index (κ3) is 4.34. The van der Waals surface area contributed by atoms with Gasteiger partial charge in [-0.1, -0.05) is 42.5 Å². The van der Waals surface area contributed by atoms with E-state index in [1.165, 1.54) is 4.90 Å². The van der Waals surface area contributed by atoms with E-state index in [2.05, 4.69) is 5.32 Å². The molecule has 0 aliphatic carbocycles. The summed E-state index contributed by atoms with van der Waals surface area (Å²) in [5.74, 6) is 0.767. The normalized spacial score (nSPS) is 13.5. The van der Waals surface area contributed by atoms with Crippen molar-refractivity contribution in [1.29, 1.82) is 0 Å². The molecule has 0 unspecified atom stereocenters. The largest absolute Gasteiger partial charge is 0.497 e. The molecule has 0 radical (unpaired) electrons. The van der Waals surface area contributed by atoms with Gasteiger partial charge in [-0.3, -0.25) is 14.5 Å². The van der Waals surface area contributed by atoms with Crippen LogP contribution >= 0.6 is 0 Å². The van der Waals surface area contributed by atoms with Gasteiger partial charge < -0.3 is 14.8 Å². The number of carbonyl (C=O) groups is 2. The van der Waals surface area contributed by atoms with Crippen LogP contribution in [0.15, 0.2) is 84.6 Å². The molecule has 0 saturated heterocycles. The van der Waals surface area contributed by atoms with Crippen molar-refractivity contribution in [3.05, 3.63) is 95.7 Å². The van der Waals surface area contributed by atoms with Crippen molar-refractivity contribution >= 4 is 23.1 Å². The average Bonchev–Trinajstić information content (AvgIpc) is 3.05. The van der Waals surface area contributed by atoms with Crippen LogP contribution in [0.1, 0.15) is 18.1 Å². The highest BCUT2D eigenvalue weighted by atomic mass is 16.5. The number of ether oxygens (including phenoxy) is 2. The first kappa shape index (κ1) is 21.2. The lowest BCUT2D eigenvalue weighted by molar-refractivity contribution is -0.137. The van der Waals surface area contributed by atoms with Crippen LogP contribution in [-0.2, 0) is 16.1 Å². The van der Waals surface area contributed by atoms with Crippen molar-refractivity contribution in [1.82, 2.24) is 4.90 Å². The Balaban J connectivity index is 1.65. The highest BCUT2D eigenvalue weighted by Crippen LogP contribution is 2.32. The summed E-state index contributed by atoms with van der Waals surface area (Å²) in [4.78, 5) is 27.9. The van der Waals surface area contributed by atoms with Crippen LogP contribution in [0.25, 0.3) is 5.57 Å². The zero-order valence-electron chi connectivity index (χ0n) is 18.0. The summed E-state index contributed by atoms with van der Waals surface area (Å²) in [6.07, 6.45) is 0. The minimum Gasteiger partial charge on any atom is -0.497 e. The minimum atomic E-state index is -0.362. The van der Waals surface area contributed by atoms with Gasteiger partial charge in [-0.05, 0) is 54.4 Å². The first-order valence-corrected chi connectivity index (χ1v) is 10.4. The Bertz CT molecular complexity index is 1140. The molecular weight excluding hydrogens is 404 g/mol. The van der Waals surface area contributed by atoms with Crippen molar-refractivity contribution in [3.63, 3.8) is 0 Å². The van der Waals surface area contributed by atoms with E-state index in [9.17, 15) is 9.59 Å². The maximum absolute atomic E-state index is 13.3. The Morgan fingerprint density at radius 2 is 1.47 bits per heavy atom. The molecule has 0 saturated carbocycles. The maximum atomic E-state index is 13.3. The second-order valence-electron chi connectivity index (χ2n) is 7.24. The van der Waals surface area contributed by atoms with E-state index in [1.807, 2.05) is 85.8 Å². The molecule has 2 amide bonds. The van der Waals surface area contributed by atoms with Crippen molar-refractivity contribution in [2.24, 2.45) is 0 Å². The third-order valence-corrected chi connectivity index (χ3v) is 5.16. The van der Waals surface area contributed by atoms with Crippen LogP contribution in [0.4, 0.5) is 5.69 Å². The van der Waals surface area contributed by atoms with E-state index >= 15 is 0 Å². The van der Waals surface area contributed by atoms with Gasteiger partial charge in [0, 0.05) is 5.69 Å². The van der Waals surface area contributed by atoms with Crippen LogP contribution in [0.3, 0.4) is 0 Å². The number of methoxy groups -OCH3 is 1. The zero-order valence-corrected chi connectivity index (χ0v) is 18.0. The first-order valence-electron chi connectivity index (χ1n) is 10.4.